The fraction of sp³-hybridized carbons (Fsp3) is 0.385. The molecule has 6 heteroatoms. The first-order chi connectivity index (χ1) is 9.15. The van der Waals surface area contributed by atoms with Crippen molar-refractivity contribution in [3.8, 4) is 10.7 Å². The lowest BCUT2D eigenvalue weighted by Crippen LogP contribution is -2.05. The van der Waals surface area contributed by atoms with Crippen molar-refractivity contribution >= 4 is 44.7 Å². The van der Waals surface area contributed by atoms with E-state index in [0.717, 1.165) is 51.1 Å². The van der Waals surface area contributed by atoms with Crippen LogP contribution < -0.4 is 5.32 Å². The molecule has 0 unspecified atom stereocenters. The fourth-order valence-electron chi connectivity index (χ4n) is 1.72. The molecule has 2 heterocycles. The Hall–Kier alpha value is -0.650. The number of thiophene rings is 1. The number of aryl methyl sites for hydroxylation is 1. The molecular weight excluding hydrogens is 346 g/mol. The van der Waals surface area contributed by atoms with Gasteiger partial charge in [0.2, 0.25) is 0 Å². The predicted octanol–water partition coefficient (Wildman–Crippen LogP) is 5.01. The largest absolute Gasteiger partial charge is 0.369 e. The molecular formula is C13H15BrClN3S. The molecule has 2 aromatic rings. The molecule has 102 valence electrons. The molecule has 0 fully saturated rings. The van der Waals surface area contributed by atoms with Crippen molar-refractivity contribution < 1.29 is 0 Å². The lowest BCUT2D eigenvalue weighted by atomic mass is 10.2. The van der Waals surface area contributed by atoms with Crippen molar-refractivity contribution in [3.05, 3.63) is 26.6 Å². The van der Waals surface area contributed by atoms with Crippen molar-refractivity contribution in [3.63, 3.8) is 0 Å². The molecule has 1 N–H and O–H groups in total. The zero-order valence-electron chi connectivity index (χ0n) is 10.8. The van der Waals surface area contributed by atoms with Gasteiger partial charge in [-0.3, -0.25) is 0 Å². The molecule has 3 nitrogen and oxygen atoms in total. The molecule has 0 bridgehead atoms. The monoisotopic (exact) mass is 359 g/mol. The van der Waals surface area contributed by atoms with Gasteiger partial charge in [-0.1, -0.05) is 24.9 Å². The predicted molar refractivity (Wildman–Crippen MR) is 86.2 cm³/mol. The Morgan fingerprint density at radius 2 is 2.16 bits per heavy atom. The number of nitrogens with one attached hydrogen (secondary N) is 1. The van der Waals surface area contributed by atoms with Gasteiger partial charge >= 0.3 is 0 Å². The van der Waals surface area contributed by atoms with Crippen molar-refractivity contribution in [2.24, 2.45) is 0 Å². The summed E-state index contributed by atoms with van der Waals surface area (Å²) in [6.45, 7) is 5.02. The van der Waals surface area contributed by atoms with Crippen LogP contribution in [0.1, 0.15) is 26.0 Å². The maximum absolute atomic E-state index is 5.97. The van der Waals surface area contributed by atoms with E-state index in [0.29, 0.717) is 0 Å². The Morgan fingerprint density at radius 1 is 1.37 bits per heavy atom. The van der Waals surface area contributed by atoms with Gasteiger partial charge in [0.15, 0.2) is 5.82 Å². The van der Waals surface area contributed by atoms with E-state index in [9.17, 15) is 0 Å². The van der Waals surface area contributed by atoms with Crippen LogP contribution in [0.2, 0.25) is 5.02 Å². The minimum absolute atomic E-state index is 0.730. The van der Waals surface area contributed by atoms with Gasteiger partial charge in [0.25, 0.3) is 0 Å². The van der Waals surface area contributed by atoms with E-state index in [-0.39, 0.29) is 0 Å². The first kappa shape index (κ1) is 14.8. The molecule has 0 aliphatic carbocycles. The summed E-state index contributed by atoms with van der Waals surface area (Å²) < 4.78 is 0.961. The number of nitrogens with zero attached hydrogens (tertiary/aromatic N) is 2. The van der Waals surface area contributed by atoms with Crippen molar-refractivity contribution in [1.29, 1.82) is 0 Å². The van der Waals surface area contributed by atoms with E-state index in [1.165, 1.54) is 0 Å². The maximum atomic E-state index is 5.97. The minimum atomic E-state index is 0.730. The normalized spacial score (nSPS) is 10.7. The van der Waals surface area contributed by atoms with Crippen molar-refractivity contribution in [2.75, 3.05) is 11.9 Å². The zero-order chi connectivity index (χ0) is 13.8. The molecule has 0 atom stereocenters. The maximum Gasteiger partial charge on any atom is 0.171 e. The lowest BCUT2D eigenvalue weighted by molar-refractivity contribution is 0.868. The SMILES string of the molecule is CCCc1nc(-c2cc(Cl)cs2)nc(NCC)c1Br. The summed E-state index contributed by atoms with van der Waals surface area (Å²) in [6.07, 6.45) is 1.97. The first-order valence-electron chi connectivity index (χ1n) is 6.20. The van der Waals surface area contributed by atoms with Gasteiger partial charge in [0, 0.05) is 11.9 Å². The topological polar surface area (TPSA) is 37.8 Å². The first-order valence-corrected chi connectivity index (χ1v) is 8.25. The number of halogens is 2. The summed E-state index contributed by atoms with van der Waals surface area (Å²) in [5, 5.41) is 5.89. The Balaban J connectivity index is 2.48. The van der Waals surface area contributed by atoms with Crippen LogP contribution in [-0.4, -0.2) is 16.5 Å². The second-order valence-corrected chi connectivity index (χ2v) is 6.21. The molecule has 0 spiro atoms. The van der Waals surface area contributed by atoms with Crippen LogP contribution in [0.4, 0.5) is 5.82 Å². The van der Waals surface area contributed by atoms with Crippen LogP contribution in [0.5, 0.6) is 0 Å². The van der Waals surface area contributed by atoms with Crippen LogP contribution in [0.25, 0.3) is 10.7 Å². The quantitative estimate of drug-likeness (QED) is 0.815. The third kappa shape index (κ3) is 3.46. The Bertz CT molecular complexity index is 544. The Kier molecular flexibility index (Phi) is 5.19. The van der Waals surface area contributed by atoms with Crippen LogP contribution in [0, 0.1) is 0 Å². The summed E-state index contributed by atoms with van der Waals surface area (Å²) in [5.74, 6) is 1.58. The molecule has 0 aliphatic rings. The highest BCUT2D eigenvalue weighted by atomic mass is 79.9. The molecule has 2 rings (SSSR count). The standard InChI is InChI=1S/C13H15BrClN3S/c1-3-5-9-11(14)13(16-4-2)18-12(17-9)10-6-8(15)7-19-10/h6-7H,3-5H2,1-2H3,(H,16,17,18). The number of anilines is 1. The number of hydrogen-bond acceptors (Lipinski definition) is 4. The summed E-state index contributed by atoms with van der Waals surface area (Å²) >= 11 is 11.1. The van der Waals surface area contributed by atoms with E-state index in [2.05, 4.69) is 45.1 Å². The van der Waals surface area contributed by atoms with Crippen molar-refractivity contribution in [1.82, 2.24) is 9.97 Å². The third-order valence-corrected chi connectivity index (χ3v) is 4.65. The van der Waals surface area contributed by atoms with E-state index in [1.54, 1.807) is 11.3 Å². The smallest absolute Gasteiger partial charge is 0.171 e. The average Bonchev–Trinajstić information content (AvgIpc) is 2.81. The fourth-order valence-corrected chi connectivity index (χ4v) is 3.24. The summed E-state index contributed by atoms with van der Waals surface area (Å²) in [5.41, 5.74) is 1.04. The molecule has 19 heavy (non-hydrogen) atoms. The highest BCUT2D eigenvalue weighted by Gasteiger charge is 2.13. The van der Waals surface area contributed by atoms with Gasteiger partial charge in [-0.15, -0.1) is 11.3 Å². The Morgan fingerprint density at radius 3 is 2.74 bits per heavy atom. The van der Waals surface area contributed by atoms with Crippen LogP contribution in [0.15, 0.2) is 15.9 Å². The average molecular weight is 361 g/mol. The van der Waals surface area contributed by atoms with Crippen molar-refractivity contribution in [2.45, 2.75) is 26.7 Å². The van der Waals surface area contributed by atoms with E-state index in [4.69, 9.17) is 11.6 Å². The molecule has 2 aromatic heterocycles. The van der Waals surface area contributed by atoms with Gasteiger partial charge in [-0.25, -0.2) is 9.97 Å². The van der Waals surface area contributed by atoms with E-state index >= 15 is 0 Å². The zero-order valence-corrected chi connectivity index (χ0v) is 14.0. The second kappa shape index (κ2) is 6.68. The number of rotatable bonds is 5. The van der Waals surface area contributed by atoms with Gasteiger partial charge in [0.1, 0.15) is 5.82 Å². The lowest BCUT2D eigenvalue weighted by Gasteiger charge is -2.11. The molecule has 0 aliphatic heterocycles. The summed E-state index contributed by atoms with van der Waals surface area (Å²) in [6, 6.07) is 1.90. The molecule has 0 amide bonds. The summed E-state index contributed by atoms with van der Waals surface area (Å²) in [7, 11) is 0. The van der Waals surface area contributed by atoms with Crippen LogP contribution in [0.3, 0.4) is 0 Å². The van der Waals surface area contributed by atoms with Gasteiger partial charge in [-0.05, 0) is 35.3 Å². The van der Waals surface area contributed by atoms with E-state index in [1.807, 2.05) is 11.4 Å². The van der Waals surface area contributed by atoms with Crippen LogP contribution in [-0.2, 0) is 6.42 Å². The van der Waals surface area contributed by atoms with Crippen LogP contribution >= 0.6 is 38.9 Å². The molecule has 0 saturated carbocycles. The second-order valence-electron chi connectivity index (χ2n) is 4.07. The molecule has 0 radical (unpaired) electrons. The minimum Gasteiger partial charge on any atom is -0.369 e. The number of aromatic nitrogens is 2. The van der Waals surface area contributed by atoms with Gasteiger partial charge < -0.3 is 5.32 Å². The molecule has 0 aromatic carbocycles. The molecule has 0 saturated heterocycles. The third-order valence-electron chi connectivity index (χ3n) is 2.54. The van der Waals surface area contributed by atoms with Gasteiger partial charge in [0.05, 0.1) is 20.1 Å². The Labute approximate surface area is 130 Å². The van der Waals surface area contributed by atoms with E-state index < -0.39 is 0 Å². The highest BCUT2D eigenvalue weighted by molar-refractivity contribution is 9.10. The van der Waals surface area contributed by atoms with Gasteiger partial charge in [-0.2, -0.15) is 0 Å². The number of hydrogen-bond donors (Lipinski definition) is 1. The summed E-state index contributed by atoms with van der Waals surface area (Å²) in [4.78, 5) is 10.2. The highest BCUT2D eigenvalue weighted by Crippen LogP contribution is 2.32.